The standard InChI is InChI=1S/C29H29N5O2/c1-21-8-12-24(13-9-21)31-29-30-22(2)20-27(32-29)33-16-18-34(19-17-33)28(35)23-10-14-26(15-11-23)36-25-6-4-3-5-7-25/h3-15,20H,16-19H2,1-2H3,(H,30,31,32). The molecule has 1 N–H and O–H groups in total. The fraction of sp³-hybridized carbons (Fsp3) is 0.207. The second-order valence-electron chi connectivity index (χ2n) is 8.90. The van der Waals surface area contributed by atoms with E-state index in [2.05, 4.69) is 34.3 Å². The normalized spacial score (nSPS) is 13.4. The van der Waals surface area contributed by atoms with Gasteiger partial charge in [-0.25, -0.2) is 4.98 Å². The number of piperazine rings is 1. The average Bonchev–Trinajstić information content (AvgIpc) is 2.90. The molecule has 3 aromatic carbocycles. The highest BCUT2D eigenvalue weighted by molar-refractivity contribution is 5.94. The van der Waals surface area contributed by atoms with Gasteiger partial charge in [-0.3, -0.25) is 4.79 Å². The van der Waals surface area contributed by atoms with Crippen LogP contribution in [-0.4, -0.2) is 47.0 Å². The second-order valence-corrected chi connectivity index (χ2v) is 8.90. The van der Waals surface area contributed by atoms with Crippen molar-refractivity contribution in [2.24, 2.45) is 0 Å². The molecule has 0 radical (unpaired) electrons. The highest BCUT2D eigenvalue weighted by atomic mass is 16.5. The monoisotopic (exact) mass is 479 g/mol. The maximum atomic E-state index is 13.1. The lowest BCUT2D eigenvalue weighted by atomic mass is 10.1. The summed E-state index contributed by atoms with van der Waals surface area (Å²) in [6.45, 7) is 6.71. The number of benzene rings is 3. The first-order valence-electron chi connectivity index (χ1n) is 12.1. The zero-order chi connectivity index (χ0) is 24.9. The fourth-order valence-electron chi connectivity index (χ4n) is 4.15. The maximum absolute atomic E-state index is 13.1. The summed E-state index contributed by atoms with van der Waals surface area (Å²) >= 11 is 0. The molecule has 1 saturated heterocycles. The lowest BCUT2D eigenvalue weighted by molar-refractivity contribution is 0.0746. The molecule has 7 heteroatoms. The van der Waals surface area contributed by atoms with Crippen LogP contribution in [0.15, 0.2) is 84.9 Å². The number of para-hydroxylation sites is 1. The zero-order valence-corrected chi connectivity index (χ0v) is 20.5. The minimum absolute atomic E-state index is 0.0292. The van der Waals surface area contributed by atoms with Gasteiger partial charge < -0.3 is 19.9 Å². The van der Waals surface area contributed by atoms with Gasteiger partial charge in [0.1, 0.15) is 17.3 Å². The second kappa shape index (κ2) is 10.5. The molecule has 2 heterocycles. The Kier molecular flexibility index (Phi) is 6.80. The molecule has 0 atom stereocenters. The molecule has 0 bridgehead atoms. The summed E-state index contributed by atoms with van der Waals surface area (Å²) < 4.78 is 5.83. The number of anilines is 3. The van der Waals surface area contributed by atoms with E-state index in [-0.39, 0.29) is 5.91 Å². The van der Waals surface area contributed by atoms with Crippen molar-refractivity contribution in [1.29, 1.82) is 0 Å². The maximum Gasteiger partial charge on any atom is 0.253 e. The van der Waals surface area contributed by atoms with Crippen molar-refractivity contribution >= 4 is 23.4 Å². The van der Waals surface area contributed by atoms with Gasteiger partial charge in [0.05, 0.1) is 0 Å². The molecule has 0 aliphatic carbocycles. The summed E-state index contributed by atoms with van der Waals surface area (Å²) in [5, 5.41) is 3.30. The van der Waals surface area contributed by atoms with E-state index in [4.69, 9.17) is 9.72 Å². The van der Waals surface area contributed by atoms with Gasteiger partial charge in [0.15, 0.2) is 0 Å². The zero-order valence-electron chi connectivity index (χ0n) is 20.5. The number of carbonyl (C=O) groups is 1. The number of nitrogens with one attached hydrogen (secondary N) is 1. The van der Waals surface area contributed by atoms with Crippen molar-refractivity contribution in [1.82, 2.24) is 14.9 Å². The van der Waals surface area contributed by atoms with Crippen molar-refractivity contribution in [3.63, 3.8) is 0 Å². The molecule has 0 spiro atoms. The number of rotatable bonds is 6. The van der Waals surface area contributed by atoms with E-state index in [0.29, 0.717) is 43.4 Å². The summed E-state index contributed by atoms with van der Waals surface area (Å²) in [4.78, 5) is 26.4. The van der Waals surface area contributed by atoms with E-state index >= 15 is 0 Å². The molecular weight excluding hydrogens is 450 g/mol. The minimum Gasteiger partial charge on any atom is -0.457 e. The van der Waals surface area contributed by atoms with E-state index < -0.39 is 0 Å². The molecule has 0 saturated carbocycles. The van der Waals surface area contributed by atoms with Crippen LogP contribution in [0.4, 0.5) is 17.5 Å². The van der Waals surface area contributed by atoms with Gasteiger partial charge in [-0.05, 0) is 62.4 Å². The quantitative estimate of drug-likeness (QED) is 0.389. The van der Waals surface area contributed by atoms with E-state index in [9.17, 15) is 4.79 Å². The molecule has 4 aromatic rings. The number of hydrogen-bond donors (Lipinski definition) is 1. The Morgan fingerprint density at radius 1 is 0.806 bits per heavy atom. The molecule has 1 amide bonds. The Morgan fingerprint density at radius 2 is 1.47 bits per heavy atom. The topological polar surface area (TPSA) is 70.6 Å². The van der Waals surface area contributed by atoms with Crippen LogP contribution in [0.3, 0.4) is 0 Å². The Bertz CT molecular complexity index is 1320. The first-order chi connectivity index (χ1) is 17.5. The van der Waals surface area contributed by atoms with Crippen molar-refractivity contribution in [3.05, 3.63) is 102 Å². The first kappa shape index (κ1) is 23.4. The molecule has 1 aliphatic rings. The third-order valence-electron chi connectivity index (χ3n) is 6.12. The molecule has 1 fully saturated rings. The summed E-state index contributed by atoms with van der Waals surface area (Å²) in [5.74, 6) is 2.94. The Labute approximate surface area is 211 Å². The largest absolute Gasteiger partial charge is 0.457 e. The highest BCUT2D eigenvalue weighted by Gasteiger charge is 2.23. The van der Waals surface area contributed by atoms with Gasteiger partial charge in [0.2, 0.25) is 5.95 Å². The third-order valence-corrected chi connectivity index (χ3v) is 6.12. The predicted molar refractivity (Wildman–Crippen MR) is 142 cm³/mol. The lowest BCUT2D eigenvalue weighted by Gasteiger charge is -2.35. The molecule has 0 unspecified atom stereocenters. The van der Waals surface area contributed by atoms with Crippen LogP contribution in [0.1, 0.15) is 21.6 Å². The van der Waals surface area contributed by atoms with Crippen molar-refractivity contribution < 1.29 is 9.53 Å². The van der Waals surface area contributed by atoms with Gasteiger partial charge in [-0.2, -0.15) is 4.98 Å². The van der Waals surface area contributed by atoms with Crippen LogP contribution in [0, 0.1) is 13.8 Å². The smallest absolute Gasteiger partial charge is 0.253 e. The third kappa shape index (κ3) is 5.63. The van der Waals surface area contributed by atoms with Gasteiger partial charge in [-0.1, -0.05) is 35.9 Å². The number of hydrogen-bond acceptors (Lipinski definition) is 6. The fourth-order valence-corrected chi connectivity index (χ4v) is 4.15. The number of nitrogens with zero attached hydrogens (tertiary/aromatic N) is 4. The predicted octanol–water partition coefficient (Wildman–Crippen LogP) is 5.59. The van der Waals surface area contributed by atoms with Crippen LogP contribution < -0.4 is 15.0 Å². The number of carbonyl (C=O) groups excluding carboxylic acids is 1. The van der Waals surface area contributed by atoms with Gasteiger partial charge in [-0.15, -0.1) is 0 Å². The highest BCUT2D eigenvalue weighted by Crippen LogP contribution is 2.23. The average molecular weight is 480 g/mol. The van der Waals surface area contributed by atoms with Crippen LogP contribution >= 0.6 is 0 Å². The van der Waals surface area contributed by atoms with Crippen molar-refractivity contribution in [2.45, 2.75) is 13.8 Å². The van der Waals surface area contributed by atoms with Crippen LogP contribution in [0.25, 0.3) is 0 Å². The Hall–Kier alpha value is -4.39. The lowest BCUT2D eigenvalue weighted by Crippen LogP contribution is -2.49. The molecule has 7 nitrogen and oxygen atoms in total. The first-order valence-corrected chi connectivity index (χ1v) is 12.1. The van der Waals surface area contributed by atoms with Gasteiger partial charge >= 0.3 is 0 Å². The summed E-state index contributed by atoms with van der Waals surface area (Å²) in [6, 6.07) is 27.1. The molecule has 1 aromatic heterocycles. The number of ether oxygens (including phenoxy) is 1. The van der Waals surface area contributed by atoms with Crippen LogP contribution in [-0.2, 0) is 0 Å². The Morgan fingerprint density at radius 3 is 2.17 bits per heavy atom. The van der Waals surface area contributed by atoms with Crippen LogP contribution in [0.5, 0.6) is 11.5 Å². The summed E-state index contributed by atoms with van der Waals surface area (Å²) in [6.07, 6.45) is 0. The Balaban J connectivity index is 1.19. The van der Waals surface area contributed by atoms with Crippen molar-refractivity contribution in [2.75, 3.05) is 36.4 Å². The molecule has 182 valence electrons. The SMILES string of the molecule is Cc1ccc(Nc2nc(C)cc(N3CCN(C(=O)c4ccc(Oc5ccccc5)cc4)CC3)n2)cc1. The van der Waals surface area contributed by atoms with Crippen molar-refractivity contribution in [3.8, 4) is 11.5 Å². The number of aromatic nitrogens is 2. The summed E-state index contributed by atoms with van der Waals surface area (Å²) in [7, 11) is 0. The van der Waals surface area contributed by atoms with E-state index in [1.807, 2.05) is 84.6 Å². The summed E-state index contributed by atoms with van der Waals surface area (Å²) in [5.41, 5.74) is 3.71. The van der Waals surface area contributed by atoms with E-state index in [0.717, 1.165) is 22.9 Å². The molecular formula is C29H29N5O2. The van der Waals surface area contributed by atoms with E-state index in [1.54, 1.807) is 0 Å². The van der Waals surface area contributed by atoms with Gasteiger partial charge in [0.25, 0.3) is 5.91 Å². The van der Waals surface area contributed by atoms with Crippen LogP contribution in [0.2, 0.25) is 0 Å². The molecule has 36 heavy (non-hydrogen) atoms. The minimum atomic E-state index is 0.0292. The molecule has 1 aliphatic heterocycles. The molecule has 5 rings (SSSR count). The van der Waals surface area contributed by atoms with Gasteiger partial charge in [0, 0.05) is 49.2 Å². The number of amides is 1. The number of aryl methyl sites for hydroxylation is 2. The van der Waals surface area contributed by atoms with E-state index in [1.165, 1.54) is 5.56 Å².